The van der Waals surface area contributed by atoms with Crippen molar-refractivity contribution in [2.75, 3.05) is 11.9 Å². The van der Waals surface area contributed by atoms with E-state index in [0.717, 1.165) is 5.56 Å². The van der Waals surface area contributed by atoms with E-state index in [-0.39, 0.29) is 10.4 Å². The first kappa shape index (κ1) is 14.1. The largest absolute Gasteiger partial charge is 0.388 e. The molecule has 1 heterocycles. The van der Waals surface area contributed by atoms with Crippen LogP contribution in [0.4, 0.5) is 5.82 Å². The maximum atomic E-state index is 9.98. The van der Waals surface area contributed by atoms with Crippen LogP contribution >= 0.6 is 23.2 Å². The fourth-order valence-corrected chi connectivity index (χ4v) is 2.07. The van der Waals surface area contributed by atoms with Crippen LogP contribution in [0.2, 0.25) is 10.4 Å². The fourth-order valence-electron chi connectivity index (χ4n) is 1.66. The molecule has 0 fully saturated rings. The minimum atomic E-state index is -0.513. The second-order valence-electron chi connectivity index (χ2n) is 3.99. The Morgan fingerprint density at radius 3 is 2.58 bits per heavy atom. The summed E-state index contributed by atoms with van der Waals surface area (Å²) in [6.07, 6.45) is 0.0463. The number of hydrogen-bond acceptors (Lipinski definition) is 4. The quantitative estimate of drug-likeness (QED) is 0.656. The Labute approximate surface area is 121 Å². The molecule has 6 heteroatoms. The zero-order chi connectivity index (χ0) is 13.7. The Kier molecular flexibility index (Phi) is 4.96. The molecule has 0 amide bonds. The van der Waals surface area contributed by atoms with Crippen LogP contribution in [0.1, 0.15) is 18.1 Å². The molecule has 0 saturated heterocycles. The lowest BCUT2D eigenvalue weighted by atomic mass is 10.1. The van der Waals surface area contributed by atoms with Gasteiger partial charge < -0.3 is 10.4 Å². The average Bonchev–Trinajstić information content (AvgIpc) is 2.38. The zero-order valence-electron chi connectivity index (χ0n) is 10.1. The van der Waals surface area contributed by atoms with E-state index in [1.807, 2.05) is 30.3 Å². The Morgan fingerprint density at radius 2 is 1.89 bits per heavy atom. The summed E-state index contributed by atoms with van der Waals surface area (Å²) in [5, 5.41) is 13.4. The standard InChI is InChI=1S/C13H13Cl2N3O/c14-11-8-12(18-13(15)17-11)16-7-6-10(19)9-4-2-1-3-5-9/h1-5,8,10,19H,6-7H2,(H,16,17,18)/t10-/m0/s1. The van der Waals surface area contributed by atoms with Gasteiger partial charge in [0.15, 0.2) is 0 Å². The van der Waals surface area contributed by atoms with E-state index in [4.69, 9.17) is 23.2 Å². The lowest BCUT2D eigenvalue weighted by Gasteiger charge is -2.12. The molecule has 4 nitrogen and oxygen atoms in total. The molecular formula is C13H13Cl2N3O. The van der Waals surface area contributed by atoms with E-state index in [9.17, 15) is 5.11 Å². The predicted molar refractivity (Wildman–Crippen MR) is 76.6 cm³/mol. The lowest BCUT2D eigenvalue weighted by molar-refractivity contribution is 0.171. The second-order valence-corrected chi connectivity index (χ2v) is 4.71. The third-order valence-electron chi connectivity index (χ3n) is 2.58. The molecule has 0 unspecified atom stereocenters. The number of halogens is 2. The molecule has 19 heavy (non-hydrogen) atoms. The highest BCUT2D eigenvalue weighted by atomic mass is 35.5. The SMILES string of the molecule is O[C@@H](CCNc1cc(Cl)nc(Cl)n1)c1ccccc1. The molecule has 0 radical (unpaired) electrons. The van der Waals surface area contributed by atoms with Gasteiger partial charge in [0.05, 0.1) is 6.10 Å². The van der Waals surface area contributed by atoms with Crippen LogP contribution in [0.3, 0.4) is 0 Å². The van der Waals surface area contributed by atoms with E-state index >= 15 is 0 Å². The zero-order valence-corrected chi connectivity index (χ0v) is 11.6. The predicted octanol–water partition coefficient (Wildman–Crippen LogP) is 3.32. The number of benzene rings is 1. The van der Waals surface area contributed by atoms with Crippen molar-refractivity contribution in [2.45, 2.75) is 12.5 Å². The minimum absolute atomic E-state index is 0.0959. The molecule has 2 rings (SSSR count). The number of aliphatic hydroxyl groups is 1. The number of rotatable bonds is 5. The number of nitrogens with zero attached hydrogens (tertiary/aromatic N) is 2. The lowest BCUT2D eigenvalue weighted by Crippen LogP contribution is -2.09. The summed E-state index contributed by atoms with van der Waals surface area (Å²) in [7, 11) is 0. The fraction of sp³-hybridized carbons (Fsp3) is 0.231. The van der Waals surface area contributed by atoms with Gasteiger partial charge in [0.2, 0.25) is 5.28 Å². The highest BCUT2D eigenvalue weighted by Crippen LogP contribution is 2.17. The summed E-state index contributed by atoms with van der Waals surface area (Å²) in [6.45, 7) is 0.555. The first-order valence-corrected chi connectivity index (χ1v) is 6.58. The van der Waals surface area contributed by atoms with Gasteiger partial charge in [-0.2, -0.15) is 0 Å². The van der Waals surface area contributed by atoms with Gasteiger partial charge in [0.25, 0.3) is 0 Å². The number of anilines is 1. The van der Waals surface area contributed by atoms with Gasteiger partial charge in [0.1, 0.15) is 11.0 Å². The van der Waals surface area contributed by atoms with Crippen LogP contribution in [0.25, 0.3) is 0 Å². The first-order chi connectivity index (χ1) is 9.15. The molecule has 0 aliphatic heterocycles. The van der Waals surface area contributed by atoms with Crippen LogP contribution in [0, 0.1) is 0 Å². The molecule has 1 aromatic carbocycles. The topological polar surface area (TPSA) is 58.0 Å². The van der Waals surface area contributed by atoms with Crippen LogP contribution in [-0.4, -0.2) is 21.6 Å². The van der Waals surface area contributed by atoms with Gasteiger partial charge in [-0.1, -0.05) is 41.9 Å². The van der Waals surface area contributed by atoms with Crippen molar-refractivity contribution in [3.8, 4) is 0 Å². The summed E-state index contributed by atoms with van der Waals surface area (Å²) in [6, 6.07) is 11.1. The maximum Gasteiger partial charge on any atom is 0.225 e. The van der Waals surface area contributed by atoms with Crippen molar-refractivity contribution in [2.24, 2.45) is 0 Å². The second kappa shape index (κ2) is 6.70. The number of aromatic nitrogens is 2. The molecular weight excluding hydrogens is 285 g/mol. The monoisotopic (exact) mass is 297 g/mol. The number of hydrogen-bond donors (Lipinski definition) is 2. The summed E-state index contributed by atoms with van der Waals surface area (Å²) in [5.74, 6) is 0.547. The van der Waals surface area contributed by atoms with Gasteiger partial charge in [-0.3, -0.25) is 0 Å². The van der Waals surface area contributed by atoms with E-state index in [1.54, 1.807) is 6.07 Å². The molecule has 100 valence electrons. The van der Waals surface area contributed by atoms with Gasteiger partial charge in [-0.05, 0) is 23.6 Å². The van der Waals surface area contributed by atoms with Crippen LogP contribution < -0.4 is 5.32 Å². The molecule has 0 bridgehead atoms. The molecule has 0 spiro atoms. The van der Waals surface area contributed by atoms with Crippen molar-refractivity contribution in [1.29, 1.82) is 0 Å². The Bertz CT molecular complexity index is 516. The smallest absolute Gasteiger partial charge is 0.225 e. The highest BCUT2D eigenvalue weighted by molar-refractivity contribution is 6.32. The van der Waals surface area contributed by atoms with Crippen molar-refractivity contribution in [3.05, 3.63) is 52.4 Å². The van der Waals surface area contributed by atoms with Gasteiger partial charge in [-0.15, -0.1) is 0 Å². The Morgan fingerprint density at radius 1 is 1.16 bits per heavy atom. The van der Waals surface area contributed by atoms with Crippen LogP contribution in [-0.2, 0) is 0 Å². The van der Waals surface area contributed by atoms with Crippen molar-refractivity contribution >= 4 is 29.0 Å². The van der Waals surface area contributed by atoms with Crippen LogP contribution in [0.5, 0.6) is 0 Å². The molecule has 0 saturated carbocycles. The normalized spacial score (nSPS) is 12.2. The summed E-state index contributed by atoms with van der Waals surface area (Å²) in [5.41, 5.74) is 0.892. The Balaban J connectivity index is 1.86. The molecule has 1 atom stereocenters. The summed E-state index contributed by atoms with van der Waals surface area (Å²) >= 11 is 11.5. The number of aliphatic hydroxyl groups excluding tert-OH is 1. The first-order valence-electron chi connectivity index (χ1n) is 5.82. The third kappa shape index (κ3) is 4.35. The maximum absolute atomic E-state index is 9.98. The molecule has 2 aromatic rings. The van der Waals surface area contributed by atoms with Crippen molar-refractivity contribution in [3.63, 3.8) is 0 Å². The molecule has 2 N–H and O–H groups in total. The minimum Gasteiger partial charge on any atom is -0.388 e. The van der Waals surface area contributed by atoms with Crippen molar-refractivity contribution in [1.82, 2.24) is 9.97 Å². The van der Waals surface area contributed by atoms with E-state index < -0.39 is 6.10 Å². The summed E-state index contributed by atoms with van der Waals surface area (Å²) in [4.78, 5) is 7.74. The highest BCUT2D eigenvalue weighted by Gasteiger charge is 2.07. The third-order valence-corrected chi connectivity index (χ3v) is 2.94. The molecule has 1 aromatic heterocycles. The average molecular weight is 298 g/mol. The van der Waals surface area contributed by atoms with E-state index in [0.29, 0.717) is 18.8 Å². The molecule has 0 aliphatic carbocycles. The summed E-state index contributed by atoms with van der Waals surface area (Å²) < 4.78 is 0. The molecule has 0 aliphatic rings. The van der Waals surface area contributed by atoms with Gasteiger partial charge >= 0.3 is 0 Å². The Hall–Kier alpha value is -1.36. The van der Waals surface area contributed by atoms with E-state index in [1.165, 1.54) is 0 Å². The van der Waals surface area contributed by atoms with Gasteiger partial charge in [-0.25, -0.2) is 9.97 Å². The van der Waals surface area contributed by atoms with E-state index in [2.05, 4.69) is 15.3 Å². The number of nitrogens with one attached hydrogen (secondary N) is 1. The van der Waals surface area contributed by atoms with Crippen LogP contribution in [0.15, 0.2) is 36.4 Å². The van der Waals surface area contributed by atoms with Gasteiger partial charge in [0, 0.05) is 12.6 Å². The van der Waals surface area contributed by atoms with Crippen molar-refractivity contribution < 1.29 is 5.11 Å².